The fourth-order valence-electron chi connectivity index (χ4n) is 3.00. The highest BCUT2D eigenvalue weighted by molar-refractivity contribution is 5.85. The highest BCUT2D eigenvalue weighted by Gasteiger charge is 2.30. The molecule has 0 aromatic carbocycles. The Balaban J connectivity index is 0.00000162. The lowest BCUT2D eigenvalue weighted by atomic mass is 9.83. The van der Waals surface area contributed by atoms with Crippen LogP contribution in [0.4, 0.5) is 0 Å². The Hall–Kier alpha value is -0.280. The maximum Gasteiger partial charge on any atom is 0.223 e. The molecule has 2 fully saturated rings. The number of carbonyl (C=O) groups excluding carboxylic acids is 1. The van der Waals surface area contributed by atoms with Gasteiger partial charge in [-0.3, -0.25) is 4.79 Å². The summed E-state index contributed by atoms with van der Waals surface area (Å²) in [5, 5.41) is 6.50. The minimum atomic E-state index is 0. The first-order valence-electron chi connectivity index (χ1n) is 7.21. The van der Waals surface area contributed by atoms with Gasteiger partial charge in [0.25, 0.3) is 0 Å². The molecule has 2 N–H and O–H groups in total. The van der Waals surface area contributed by atoms with Crippen molar-refractivity contribution in [3.8, 4) is 0 Å². The third-order valence-electron chi connectivity index (χ3n) is 4.64. The van der Waals surface area contributed by atoms with Crippen molar-refractivity contribution in [1.82, 2.24) is 10.6 Å². The molecule has 1 amide bonds. The minimum Gasteiger partial charge on any atom is -0.353 e. The van der Waals surface area contributed by atoms with Crippen molar-refractivity contribution < 1.29 is 4.79 Å². The van der Waals surface area contributed by atoms with E-state index >= 15 is 0 Å². The number of carbonyl (C=O) groups is 1. The van der Waals surface area contributed by atoms with Gasteiger partial charge in [0, 0.05) is 12.0 Å². The van der Waals surface area contributed by atoms with Crippen LogP contribution >= 0.6 is 12.4 Å². The molecule has 3 nitrogen and oxygen atoms in total. The summed E-state index contributed by atoms with van der Waals surface area (Å²) in [6, 6.07) is 0.441. The standard InChI is InChI=1S/C14H26N2O.ClH/c1-3-11-5-4-6-13(7-11)16-14(17)10(2)12-8-15-9-12;/h10-13,15H,3-9H2,1-2H3,(H,16,17);1H. The first-order valence-corrected chi connectivity index (χ1v) is 7.21. The van der Waals surface area contributed by atoms with Gasteiger partial charge in [-0.25, -0.2) is 0 Å². The van der Waals surface area contributed by atoms with E-state index < -0.39 is 0 Å². The molecular formula is C14H27ClN2O. The number of rotatable bonds is 4. The summed E-state index contributed by atoms with van der Waals surface area (Å²) in [7, 11) is 0. The zero-order chi connectivity index (χ0) is 12.3. The Morgan fingerprint density at radius 3 is 2.67 bits per heavy atom. The van der Waals surface area contributed by atoms with Crippen LogP contribution < -0.4 is 10.6 Å². The van der Waals surface area contributed by atoms with Crippen LogP contribution in [-0.2, 0) is 4.79 Å². The van der Waals surface area contributed by atoms with E-state index in [1.165, 1.54) is 32.1 Å². The monoisotopic (exact) mass is 274 g/mol. The number of halogens is 1. The van der Waals surface area contributed by atoms with Gasteiger partial charge in [0.15, 0.2) is 0 Å². The molecule has 106 valence electrons. The Morgan fingerprint density at radius 1 is 1.39 bits per heavy atom. The van der Waals surface area contributed by atoms with Crippen molar-refractivity contribution >= 4 is 18.3 Å². The zero-order valence-corrected chi connectivity index (χ0v) is 12.4. The molecule has 3 unspecified atom stereocenters. The number of hydrogen-bond donors (Lipinski definition) is 2. The second-order valence-corrected chi connectivity index (χ2v) is 5.85. The summed E-state index contributed by atoms with van der Waals surface area (Å²) >= 11 is 0. The molecule has 2 rings (SSSR count). The van der Waals surface area contributed by atoms with Crippen molar-refractivity contribution in [1.29, 1.82) is 0 Å². The smallest absolute Gasteiger partial charge is 0.223 e. The van der Waals surface area contributed by atoms with Gasteiger partial charge in [0.1, 0.15) is 0 Å². The predicted octanol–water partition coefficient (Wildman–Crippen LogP) is 2.35. The average molecular weight is 275 g/mol. The Morgan fingerprint density at radius 2 is 2.11 bits per heavy atom. The van der Waals surface area contributed by atoms with Crippen LogP contribution in [0.25, 0.3) is 0 Å². The van der Waals surface area contributed by atoms with E-state index in [0.717, 1.165) is 19.0 Å². The molecule has 0 bridgehead atoms. The summed E-state index contributed by atoms with van der Waals surface area (Å²) in [5.41, 5.74) is 0. The van der Waals surface area contributed by atoms with E-state index in [4.69, 9.17) is 0 Å². The van der Waals surface area contributed by atoms with E-state index in [2.05, 4.69) is 24.5 Å². The van der Waals surface area contributed by atoms with Crippen LogP contribution in [0.3, 0.4) is 0 Å². The largest absolute Gasteiger partial charge is 0.353 e. The lowest BCUT2D eigenvalue weighted by molar-refractivity contribution is -0.127. The second kappa shape index (κ2) is 7.34. The summed E-state index contributed by atoms with van der Waals surface area (Å²) in [5.74, 6) is 1.84. The molecule has 0 spiro atoms. The molecule has 1 heterocycles. The van der Waals surface area contributed by atoms with Gasteiger partial charge >= 0.3 is 0 Å². The summed E-state index contributed by atoms with van der Waals surface area (Å²) in [4.78, 5) is 12.1. The van der Waals surface area contributed by atoms with Gasteiger partial charge in [-0.2, -0.15) is 0 Å². The van der Waals surface area contributed by atoms with Crippen molar-refractivity contribution in [3.05, 3.63) is 0 Å². The maximum absolute atomic E-state index is 12.1. The lowest BCUT2D eigenvalue weighted by Gasteiger charge is -2.34. The molecule has 0 aromatic rings. The number of hydrogen-bond acceptors (Lipinski definition) is 2. The van der Waals surface area contributed by atoms with Gasteiger partial charge in [0.05, 0.1) is 0 Å². The molecule has 1 saturated heterocycles. The third-order valence-corrected chi connectivity index (χ3v) is 4.64. The molecule has 1 aliphatic heterocycles. The first-order chi connectivity index (χ1) is 8.20. The van der Waals surface area contributed by atoms with Crippen LogP contribution in [-0.4, -0.2) is 25.0 Å². The number of amides is 1. The van der Waals surface area contributed by atoms with E-state index in [1.807, 2.05) is 0 Å². The van der Waals surface area contributed by atoms with Crippen molar-refractivity contribution in [2.45, 2.75) is 52.0 Å². The third kappa shape index (κ3) is 3.86. The average Bonchev–Trinajstić information content (AvgIpc) is 2.27. The Kier molecular flexibility index (Phi) is 6.44. The highest BCUT2D eigenvalue weighted by atomic mass is 35.5. The van der Waals surface area contributed by atoms with Crippen LogP contribution in [0.1, 0.15) is 46.0 Å². The number of nitrogens with one attached hydrogen (secondary N) is 2. The van der Waals surface area contributed by atoms with Crippen molar-refractivity contribution in [3.63, 3.8) is 0 Å². The lowest BCUT2D eigenvalue weighted by Crippen LogP contribution is -2.51. The van der Waals surface area contributed by atoms with E-state index in [1.54, 1.807) is 0 Å². The van der Waals surface area contributed by atoms with Crippen LogP contribution in [0.15, 0.2) is 0 Å². The summed E-state index contributed by atoms with van der Waals surface area (Å²) < 4.78 is 0. The predicted molar refractivity (Wildman–Crippen MR) is 77.0 cm³/mol. The van der Waals surface area contributed by atoms with Gasteiger partial charge in [-0.1, -0.05) is 33.1 Å². The van der Waals surface area contributed by atoms with Crippen LogP contribution in [0, 0.1) is 17.8 Å². The topological polar surface area (TPSA) is 41.1 Å². The molecule has 2 aliphatic rings. The van der Waals surface area contributed by atoms with Gasteiger partial charge in [-0.15, -0.1) is 12.4 Å². The summed E-state index contributed by atoms with van der Waals surface area (Å²) in [6.45, 7) is 6.35. The van der Waals surface area contributed by atoms with E-state index in [0.29, 0.717) is 12.0 Å². The van der Waals surface area contributed by atoms with E-state index in [-0.39, 0.29) is 24.2 Å². The SMILES string of the molecule is CCC1CCCC(NC(=O)C(C)C2CNC2)C1.Cl. The normalized spacial score (nSPS) is 29.9. The molecule has 1 aliphatic carbocycles. The molecule has 0 radical (unpaired) electrons. The molecule has 0 aromatic heterocycles. The molecule has 1 saturated carbocycles. The first kappa shape index (κ1) is 15.8. The molecular weight excluding hydrogens is 248 g/mol. The zero-order valence-electron chi connectivity index (χ0n) is 11.6. The maximum atomic E-state index is 12.1. The van der Waals surface area contributed by atoms with Gasteiger partial charge < -0.3 is 10.6 Å². The van der Waals surface area contributed by atoms with Crippen LogP contribution in [0.2, 0.25) is 0 Å². The fraction of sp³-hybridized carbons (Fsp3) is 0.929. The quantitative estimate of drug-likeness (QED) is 0.826. The van der Waals surface area contributed by atoms with Gasteiger partial charge in [0.2, 0.25) is 5.91 Å². The van der Waals surface area contributed by atoms with Crippen molar-refractivity contribution in [2.75, 3.05) is 13.1 Å². The highest BCUT2D eigenvalue weighted by Crippen LogP contribution is 2.27. The van der Waals surface area contributed by atoms with Gasteiger partial charge in [-0.05, 0) is 37.8 Å². The molecule has 18 heavy (non-hydrogen) atoms. The minimum absolute atomic E-state index is 0. The Labute approximate surface area is 117 Å². The Bertz CT molecular complexity index is 269. The molecule has 3 atom stereocenters. The van der Waals surface area contributed by atoms with Crippen LogP contribution in [0.5, 0.6) is 0 Å². The molecule has 4 heteroatoms. The summed E-state index contributed by atoms with van der Waals surface area (Å²) in [6.07, 6.45) is 6.26. The van der Waals surface area contributed by atoms with Crippen molar-refractivity contribution in [2.24, 2.45) is 17.8 Å². The second-order valence-electron chi connectivity index (χ2n) is 5.85. The van der Waals surface area contributed by atoms with E-state index in [9.17, 15) is 4.79 Å². The fourth-order valence-corrected chi connectivity index (χ4v) is 3.00.